The first-order chi connectivity index (χ1) is 13.9. The van der Waals surface area contributed by atoms with Gasteiger partial charge in [-0.05, 0) is 38.7 Å². The normalized spacial score (nSPS) is 20.1. The van der Waals surface area contributed by atoms with E-state index in [-0.39, 0.29) is 35.4 Å². The second-order valence-electron chi connectivity index (χ2n) is 7.56. The smallest absolute Gasteiger partial charge is 0.264 e. The van der Waals surface area contributed by atoms with Crippen LogP contribution in [0.15, 0.2) is 23.3 Å². The highest BCUT2D eigenvalue weighted by Crippen LogP contribution is 2.25. The van der Waals surface area contributed by atoms with Crippen molar-refractivity contribution in [2.75, 3.05) is 0 Å². The molecule has 1 aliphatic carbocycles. The van der Waals surface area contributed by atoms with E-state index in [9.17, 15) is 14.4 Å². The van der Waals surface area contributed by atoms with Crippen LogP contribution in [0.4, 0.5) is 0 Å². The molecule has 3 N–H and O–H groups in total. The van der Waals surface area contributed by atoms with Crippen molar-refractivity contribution in [3.63, 3.8) is 0 Å². The summed E-state index contributed by atoms with van der Waals surface area (Å²) in [5.41, 5.74) is 0.419. The predicted octanol–water partition coefficient (Wildman–Crippen LogP) is 0.383. The lowest BCUT2D eigenvalue weighted by molar-refractivity contribution is -0.126. The van der Waals surface area contributed by atoms with Crippen molar-refractivity contribution in [2.24, 2.45) is 13.0 Å². The molecule has 0 saturated heterocycles. The number of carbonyl (C=O) groups is 2. The van der Waals surface area contributed by atoms with Gasteiger partial charge in [0.25, 0.3) is 5.56 Å². The Balaban J connectivity index is 1.38. The maximum Gasteiger partial charge on any atom is 0.264 e. The minimum absolute atomic E-state index is 0.0226. The molecule has 0 aromatic carbocycles. The van der Waals surface area contributed by atoms with Gasteiger partial charge in [-0.1, -0.05) is 0 Å². The van der Waals surface area contributed by atoms with Gasteiger partial charge in [0, 0.05) is 37.9 Å². The Morgan fingerprint density at radius 2 is 2.03 bits per heavy atom. The molecule has 1 aliphatic rings. The number of H-pyrrole nitrogens is 1. The maximum absolute atomic E-state index is 12.5. The number of aromatic amines is 1. The average molecular weight is 401 g/mol. The molecule has 29 heavy (non-hydrogen) atoms. The molecule has 1 unspecified atom stereocenters. The Bertz CT molecular complexity index is 879. The van der Waals surface area contributed by atoms with Crippen molar-refractivity contribution >= 4 is 11.8 Å². The molecular formula is C19H27N7O3. The number of rotatable bonds is 7. The van der Waals surface area contributed by atoms with Gasteiger partial charge in [-0.3, -0.25) is 14.4 Å². The lowest BCUT2D eigenvalue weighted by atomic mass is 9.85. The molecule has 0 aliphatic heterocycles. The monoisotopic (exact) mass is 401 g/mol. The van der Waals surface area contributed by atoms with E-state index < -0.39 is 0 Å². The van der Waals surface area contributed by atoms with Crippen LogP contribution < -0.4 is 16.2 Å². The average Bonchev–Trinajstić information content (AvgIpc) is 3.14. The van der Waals surface area contributed by atoms with Gasteiger partial charge < -0.3 is 15.2 Å². The number of aryl methyl sites for hydroxylation is 2. The summed E-state index contributed by atoms with van der Waals surface area (Å²) < 4.78 is 1.79. The number of nitrogens with zero attached hydrogens (tertiary/aromatic N) is 4. The quantitative estimate of drug-likeness (QED) is 0.614. The molecule has 1 saturated carbocycles. The van der Waals surface area contributed by atoms with Crippen molar-refractivity contribution in [1.82, 2.24) is 35.6 Å². The van der Waals surface area contributed by atoms with Crippen LogP contribution in [0.3, 0.4) is 0 Å². The molecule has 0 bridgehead atoms. The molecule has 156 valence electrons. The first-order valence-electron chi connectivity index (χ1n) is 9.90. The third-order valence-corrected chi connectivity index (χ3v) is 5.30. The largest absolute Gasteiger partial charge is 0.353 e. The number of aromatic nitrogens is 5. The number of hydrogen-bond acceptors (Lipinski definition) is 6. The summed E-state index contributed by atoms with van der Waals surface area (Å²) in [6, 6.07) is 2.91. The highest BCUT2D eigenvalue weighted by atomic mass is 16.2. The van der Waals surface area contributed by atoms with Gasteiger partial charge in [-0.2, -0.15) is 5.10 Å². The van der Waals surface area contributed by atoms with Crippen LogP contribution in [-0.2, 0) is 23.1 Å². The molecule has 0 spiro atoms. The fraction of sp³-hybridized carbons (Fsp3) is 0.579. The van der Waals surface area contributed by atoms with Crippen LogP contribution in [0.2, 0.25) is 0 Å². The molecule has 1 fully saturated rings. The van der Waals surface area contributed by atoms with Crippen molar-refractivity contribution in [1.29, 1.82) is 0 Å². The minimum atomic E-state index is -0.259. The molecule has 2 amide bonds. The SMILES string of the molecule is CC(NC(=O)C1CCC(NC(=O)CCc2ccc(=O)[nH]n2)CC1)c1nncn1C. The Labute approximate surface area is 168 Å². The van der Waals surface area contributed by atoms with E-state index in [0.29, 0.717) is 18.5 Å². The van der Waals surface area contributed by atoms with Crippen LogP contribution in [0.1, 0.15) is 56.6 Å². The molecular weight excluding hydrogens is 374 g/mol. The molecule has 2 aromatic heterocycles. The van der Waals surface area contributed by atoms with Gasteiger partial charge in [0.1, 0.15) is 6.33 Å². The molecule has 3 rings (SSSR count). The van der Waals surface area contributed by atoms with Crippen LogP contribution in [0.25, 0.3) is 0 Å². The molecule has 0 radical (unpaired) electrons. The van der Waals surface area contributed by atoms with E-state index in [0.717, 1.165) is 31.5 Å². The fourth-order valence-corrected chi connectivity index (χ4v) is 3.63. The van der Waals surface area contributed by atoms with Gasteiger partial charge >= 0.3 is 0 Å². The molecule has 1 atom stereocenters. The van der Waals surface area contributed by atoms with Gasteiger partial charge in [-0.25, -0.2) is 5.10 Å². The lowest BCUT2D eigenvalue weighted by Crippen LogP contribution is -2.41. The van der Waals surface area contributed by atoms with Crippen LogP contribution >= 0.6 is 0 Å². The van der Waals surface area contributed by atoms with Crippen molar-refractivity contribution < 1.29 is 9.59 Å². The standard InChI is InChI=1S/C19H27N7O3/c1-12(18-25-20-11-26(18)2)21-19(29)13-3-5-14(6-4-13)22-16(27)9-7-15-8-10-17(28)24-23-15/h8,10-14H,3-7,9H2,1-2H3,(H,21,29)(H,22,27)(H,24,28). The van der Waals surface area contributed by atoms with E-state index in [2.05, 4.69) is 31.0 Å². The molecule has 10 heteroatoms. The van der Waals surface area contributed by atoms with Gasteiger partial charge in [-0.15, -0.1) is 10.2 Å². The van der Waals surface area contributed by atoms with E-state index >= 15 is 0 Å². The first-order valence-corrected chi connectivity index (χ1v) is 9.90. The highest BCUT2D eigenvalue weighted by molar-refractivity contribution is 5.79. The Hall–Kier alpha value is -3.04. The fourth-order valence-electron chi connectivity index (χ4n) is 3.63. The van der Waals surface area contributed by atoms with Gasteiger partial charge in [0.2, 0.25) is 11.8 Å². The zero-order chi connectivity index (χ0) is 20.8. The van der Waals surface area contributed by atoms with Crippen molar-refractivity contribution in [3.05, 3.63) is 40.3 Å². The number of hydrogen-bond donors (Lipinski definition) is 3. The minimum Gasteiger partial charge on any atom is -0.353 e. The number of carbonyl (C=O) groups excluding carboxylic acids is 2. The summed E-state index contributed by atoms with van der Waals surface area (Å²) in [7, 11) is 1.85. The second kappa shape index (κ2) is 9.44. The van der Waals surface area contributed by atoms with Crippen LogP contribution in [0, 0.1) is 5.92 Å². The Kier molecular flexibility index (Phi) is 6.73. The zero-order valence-electron chi connectivity index (χ0n) is 16.7. The third kappa shape index (κ3) is 5.72. The summed E-state index contributed by atoms with van der Waals surface area (Å²) in [5.74, 6) is 0.650. The Morgan fingerprint density at radius 3 is 2.66 bits per heavy atom. The van der Waals surface area contributed by atoms with Gasteiger partial charge in [0.15, 0.2) is 5.82 Å². The molecule has 2 heterocycles. The van der Waals surface area contributed by atoms with Gasteiger partial charge in [0.05, 0.1) is 11.7 Å². The number of amides is 2. The van der Waals surface area contributed by atoms with Crippen molar-refractivity contribution in [2.45, 2.75) is 57.5 Å². The third-order valence-electron chi connectivity index (χ3n) is 5.30. The predicted molar refractivity (Wildman–Crippen MR) is 105 cm³/mol. The van der Waals surface area contributed by atoms with Crippen molar-refractivity contribution in [3.8, 4) is 0 Å². The van der Waals surface area contributed by atoms with E-state index in [1.165, 1.54) is 6.07 Å². The number of nitrogens with one attached hydrogen (secondary N) is 3. The molecule has 2 aromatic rings. The summed E-state index contributed by atoms with van der Waals surface area (Å²) in [4.78, 5) is 35.7. The highest BCUT2D eigenvalue weighted by Gasteiger charge is 2.28. The maximum atomic E-state index is 12.5. The van der Waals surface area contributed by atoms with E-state index in [4.69, 9.17) is 0 Å². The second-order valence-corrected chi connectivity index (χ2v) is 7.56. The van der Waals surface area contributed by atoms with E-state index in [1.54, 1.807) is 17.0 Å². The summed E-state index contributed by atoms with van der Waals surface area (Å²) in [6.07, 6.45) is 5.43. The molecule has 10 nitrogen and oxygen atoms in total. The van der Waals surface area contributed by atoms with E-state index in [1.807, 2.05) is 14.0 Å². The zero-order valence-corrected chi connectivity index (χ0v) is 16.7. The summed E-state index contributed by atoms with van der Waals surface area (Å²) >= 11 is 0. The Morgan fingerprint density at radius 1 is 1.28 bits per heavy atom. The topological polar surface area (TPSA) is 135 Å². The van der Waals surface area contributed by atoms with Crippen LogP contribution in [0.5, 0.6) is 0 Å². The summed E-state index contributed by atoms with van der Waals surface area (Å²) in [6.45, 7) is 1.89. The first kappa shape index (κ1) is 20.7. The van der Waals surface area contributed by atoms with Crippen LogP contribution in [-0.4, -0.2) is 42.8 Å². The lowest BCUT2D eigenvalue weighted by Gasteiger charge is -2.29. The summed E-state index contributed by atoms with van der Waals surface area (Å²) in [5, 5.41) is 20.2.